The zero-order valence-electron chi connectivity index (χ0n) is 17.4. The third-order valence-corrected chi connectivity index (χ3v) is 5.63. The van der Waals surface area contributed by atoms with E-state index in [2.05, 4.69) is 6.92 Å². The lowest BCUT2D eigenvalue weighted by Gasteiger charge is -2.27. The molecule has 0 saturated carbocycles. The van der Waals surface area contributed by atoms with Crippen molar-refractivity contribution in [2.45, 2.75) is 45.4 Å². The van der Waals surface area contributed by atoms with E-state index in [9.17, 15) is 9.59 Å². The number of carbonyl (C=O) groups excluding carboxylic acids is 2. The zero-order chi connectivity index (χ0) is 20.9. The average Bonchev–Trinajstić information content (AvgIpc) is 2.78. The number of ether oxygens (including phenoxy) is 1. The number of unbranched alkanes of at least 4 members (excludes halogenated alkanes) is 5. The van der Waals surface area contributed by atoms with Gasteiger partial charge in [0.05, 0.1) is 12.3 Å². The Morgan fingerprint density at radius 1 is 0.733 bits per heavy atom. The number of benzene rings is 3. The standard InChI is InChI=1S/C26H27NO3/c1-2-3-4-5-6-7-18-30-21-16-14-20(15-17-21)27-25(28)22-12-8-10-19-11-9-13-23(24(19)22)26(27)29/h8-17H,2-7,18H2,1H3. The molecule has 0 aliphatic carbocycles. The summed E-state index contributed by atoms with van der Waals surface area (Å²) in [7, 11) is 0. The largest absolute Gasteiger partial charge is 0.494 e. The Morgan fingerprint density at radius 2 is 1.33 bits per heavy atom. The Morgan fingerprint density at radius 3 is 1.97 bits per heavy atom. The molecule has 0 N–H and O–H groups in total. The summed E-state index contributed by atoms with van der Waals surface area (Å²) < 4.78 is 5.82. The van der Waals surface area contributed by atoms with Gasteiger partial charge in [-0.1, -0.05) is 63.3 Å². The van der Waals surface area contributed by atoms with Crippen LogP contribution in [-0.2, 0) is 0 Å². The van der Waals surface area contributed by atoms with Crippen molar-refractivity contribution in [1.82, 2.24) is 0 Å². The normalized spacial score (nSPS) is 13.2. The van der Waals surface area contributed by atoms with Crippen LogP contribution in [0.1, 0.15) is 66.2 Å². The first-order valence-electron chi connectivity index (χ1n) is 10.8. The van der Waals surface area contributed by atoms with Gasteiger partial charge in [-0.05, 0) is 48.2 Å². The van der Waals surface area contributed by atoms with E-state index in [0.29, 0.717) is 23.4 Å². The van der Waals surface area contributed by atoms with Crippen LogP contribution >= 0.6 is 0 Å². The molecule has 4 nitrogen and oxygen atoms in total. The molecule has 0 bridgehead atoms. The smallest absolute Gasteiger partial charge is 0.265 e. The molecule has 0 radical (unpaired) electrons. The summed E-state index contributed by atoms with van der Waals surface area (Å²) in [4.78, 5) is 27.4. The molecule has 1 aliphatic heterocycles. The Hall–Kier alpha value is -3.14. The Balaban J connectivity index is 1.45. The second kappa shape index (κ2) is 9.12. The van der Waals surface area contributed by atoms with Crippen molar-refractivity contribution >= 4 is 28.3 Å². The third-order valence-electron chi connectivity index (χ3n) is 5.63. The van der Waals surface area contributed by atoms with Gasteiger partial charge in [-0.25, -0.2) is 4.90 Å². The number of imide groups is 1. The summed E-state index contributed by atoms with van der Waals surface area (Å²) in [5.74, 6) is 0.182. The van der Waals surface area contributed by atoms with Gasteiger partial charge in [-0.2, -0.15) is 0 Å². The quantitative estimate of drug-likeness (QED) is 0.309. The number of nitrogens with zero attached hydrogens (tertiary/aromatic N) is 1. The lowest BCUT2D eigenvalue weighted by molar-refractivity contribution is 0.0893. The summed E-state index contributed by atoms with van der Waals surface area (Å²) in [6.45, 7) is 2.90. The lowest BCUT2D eigenvalue weighted by atomic mass is 9.94. The first-order chi connectivity index (χ1) is 14.7. The van der Waals surface area contributed by atoms with Crippen molar-refractivity contribution in [2.75, 3.05) is 11.5 Å². The molecular weight excluding hydrogens is 374 g/mol. The molecule has 4 rings (SSSR count). The molecule has 3 aromatic rings. The summed E-state index contributed by atoms with van der Waals surface area (Å²) in [6, 6.07) is 18.3. The fourth-order valence-corrected chi connectivity index (χ4v) is 4.03. The molecule has 0 spiro atoms. The van der Waals surface area contributed by atoms with Crippen molar-refractivity contribution < 1.29 is 14.3 Å². The molecule has 0 unspecified atom stereocenters. The molecule has 154 valence electrons. The first kappa shape index (κ1) is 20.1. The highest BCUT2D eigenvalue weighted by atomic mass is 16.5. The van der Waals surface area contributed by atoms with Gasteiger partial charge >= 0.3 is 0 Å². The van der Waals surface area contributed by atoms with E-state index in [1.807, 2.05) is 36.4 Å². The van der Waals surface area contributed by atoms with Crippen LogP contribution in [0.2, 0.25) is 0 Å². The minimum absolute atomic E-state index is 0.287. The Bertz CT molecular complexity index is 1000. The van der Waals surface area contributed by atoms with Crippen LogP contribution in [0.3, 0.4) is 0 Å². The molecule has 3 aromatic carbocycles. The molecular formula is C26H27NO3. The average molecular weight is 402 g/mol. The summed E-state index contributed by atoms with van der Waals surface area (Å²) in [5, 5.41) is 1.65. The fraction of sp³-hybridized carbons (Fsp3) is 0.308. The van der Waals surface area contributed by atoms with E-state index in [0.717, 1.165) is 22.9 Å². The van der Waals surface area contributed by atoms with Crippen LogP contribution < -0.4 is 9.64 Å². The van der Waals surface area contributed by atoms with Gasteiger partial charge in [0.15, 0.2) is 0 Å². The number of anilines is 1. The Kier molecular flexibility index (Phi) is 6.12. The first-order valence-corrected chi connectivity index (χ1v) is 10.8. The zero-order valence-corrected chi connectivity index (χ0v) is 17.4. The monoisotopic (exact) mass is 401 g/mol. The summed E-state index contributed by atoms with van der Waals surface area (Å²) in [6.07, 6.45) is 7.32. The number of hydrogen-bond acceptors (Lipinski definition) is 3. The Labute approximate surface area is 177 Å². The number of hydrogen-bond donors (Lipinski definition) is 0. The maximum Gasteiger partial charge on any atom is 0.265 e. The topological polar surface area (TPSA) is 46.6 Å². The van der Waals surface area contributed by atoms with E-state index in [-0.39, 0.29) is 11.8 Å². The lowest BCUT2D eigenvalue weighted by Crippen LogP contribution is -2.40. The second-order valence-electron chi connectivity index (χ2n) is 7.77. The van der Waals surface area contributed by atoms with Gasteiger partial charge in [0.2, 0.25) is 0 Å². The third kappa shape index (κ3) is 3.95. The van der Waals surface area contributed by atoms with Crippen LogP contribution in [0, 0.1) is 0 Å². The molecule has 30 heavy (non-hydrogen) atoms. The van der Waals surface area contributed by atoms with Crippen molar-refractivity contribution in [3.05, 3.63) is 71.8 Å². The number of carbonyl (C=O) groups is 2. The van der Waals surface area contributed by atoms with Crippen molar-refractivity contribution in [3.8, 4) is 5.75 Å². The van der Waals surface area contributed by atoms with E-state index in [1.165, 1.54) is 37.0 Å². The van der Waals surface area contributed by atoms with Crippen molar-refractivity contribution in [3.63, 3.8) is 0 Å². The van der Waals surface area contributed by atoms with Gasteiger partial charge in [-0.3, -0.25) is 9.59 Å². The van der Waals surface area contributed by atoms with Gasteiger partial charge < -0.3 is 4.74 Å². The van der Waals surface area contributed by atoms with Gasteiger partial charge in [0, 0.05) is 16.5 Å². The highest BCUT2D eigenvalue weighted by molar-refractivity contribution is 6.35. The van der Waals surface area contributed by atoms with Gasteiger partial charge in [-0.15, -0.1) is 0 Å². The molecule has 0 fully saturated rings. The summed E-state index contributed by atoms with van der Waals surface area (Å²) in [5.41, 5.74) is 1.68. The highest BCUT2D eigenvalue weighted by Gasteiger charge is 2.33. The van der Waals surface area contributed by atoms with Crippen LogP contribution in [-0.4, -0.2) is 18.4 Å². The fourth-order valence-electron chi connectivity index (χ4n) is 4.03. The number of amides is 2. The van der Waals surface area contributed by atoms with E-state index >= 15 is 0 Å². The highest BCUT2D eigenvalue weighted by Crippen LogP contribution is 2.33. The van der Waals surface area contributed by atoms with Crippen LogP contribution in [0.25, 0.3) is 10.8 Å². The molecule has 2 amide bonds. The van der Waals surface area contributed by atoms with Crippen LogP contribution in [0.15, 0.2) is 60.7 Å². The summed E-state index contributed by atoms with van der Waals surface area (Å²) >= 11 is 0. The molecule has 0 saturated heterocycles. The van der Waals surface area contributed by atoms with Crippen LogP contribution in [0.4, 0.5) is 5.69 Å². The predicted octanol–water partition coefficient (Wildman–Crippen LogP) is 6.38. The van der Waals surface area contributed by atoms with E-state index < -0.39 is 0 Å². The minimum atomic E-state index is -0.287. The maximum absolute atomic E-state index is 13.1. The van der Waals surface area contributed by atoms with Crippen LogP contribution in [0.5, 0.6) is 5.75 Å². The number of rotatable bonds is 9. The van der Waals surface area contributed by atoms with E-state index in [4.69, 9.17) is 4.74 Å². The SMILES string of the molecule is CCCCCCCCOc1ccc(N2C(=O)c3cccc4cccc(c34)C2=O)cc1. The van der Waals surface area contributed by atoms with Gasteiger partial charge in [0.1, 0.15) is 5.75 Å². The molecule has 1 aliphatic rings. The molecule has 1 heterocycles. The van der Waals surface area contributed by atoms with Gasteiger partial charge in [0.25, 0.3) is 11.8 Å². The van der Waals surface area contributed by atoms with Crippen molar-refractivity contribution in [2.24, 2.45) is 0 Å². The molecule has 4 heteroatoms. The molecule has 0 atom stereocenters. The van der Waals surface area contributed by atoms with E-state index in [1.54, 1.807) is 24.3 Å². The predicted molar refractivity (Wildman–Crippen MR) is 120 cm³/mol. The maximum atomic E-state index is 13.1. The second-order valence-corrected chi connectivity index (χ2v) is 7.77. The molecule has 0 aromatic heterocycles. The van der Waals surface area contributed by atoms with Crippen molar-refractivity contribution in [1.29, 1.82) is 0 Å². The minimum Gasteiger partial charge on any atom is -0.494 e.